The van der Waals surface area contributed by atoms with E-state index >= 15 is 0 Å². The van der Waals surface area contributed by atoms with E-state index < -0.39 is 0 Å². The average Bonchev–Trinajstić information content (AvgIpc) is 2.01. The number of hydrogen-bond acceptors (Lipinski definition) is 4. The van der Waals surface area contributed by atoms with E-state index in [9.17, 15) is 0 Å². The van der Waals surface area contributed by atoms with E-state index in [0.717, 1.165) is 12.4 Å². The van der Waals surface area contributed by atoms with Gasteiger partial charge in [0.15, 0.2) is 0 Å². The molecule has 1 N–H and O–H groups in total. The Hall–Kier alpha value is -0.870. The molecule has 78 valence electrons. The number of nitrogens with one attached hydrogen (secondary N) is 1. The summed E-state index contributed by atoms with van der Waals surface area (Å²) in [7, 11) is 4.07. The summed E-state index contributed by atoms with van der Waals surface area (Å²) in [5, 5.41) is 3.69. The lowest BCUT2D eigenvalue weighted by Gasteiger charge is -2.18. The van der Waals surface area contributed by atoms with Gasteiger partial charge < -0.3 is 10.2 Å². The van der Waals surface area contributed by atoms with Crippen molar-refractivity contribution in [1.82, 2.24) is 14.9 Å². The van der Waals surface area contributed by atoms with Gasteiger partial charge in [0.2, 0.25) is 0 Å². The zero-order chi connectivity index (χ0) is 10.6. The van der Waals surface area contributed by atoms with Crippen molar-refractivity contribution >= 4 is 17.4 Å². The third kappa shape index (κ3) is 3.89. The molecule has 1 rings (SSSR count). The van der Waals surface area contributed by atoms with Crippen LogP contribution in [0.3, 0.4) is 0 Å². The molecule has 0 aliphatic heterocycles. The van der Waals surface area contributed by atoms with Gasteiger partial charge in [0, 0.05) is 18.7 Å². The molecule has 0 radical (unpaired) electrons. The van der Waals surface area contributed by atoms with Crippen LogP contribution in [0, 0.1) is 0 Å². The number of halogens is 1. The van der Waals surface area contributed by atoms with Gasteiger partial charge in [-0.1, -0.05) is 11.6 Å². The molecule has 0 aliphatic rings. The first kappa shape index (κ1) is 11.2. The third-order valence-electron chi connectivity index (χ3n) is 1.67. The quantitative estimate of drug-likeness (QED) is 0.772. The number of aromatic nitrogens is 2. The minimum atomic E-state index is 0.330. The van der Waals surface area contributed by atoms with E-state index in [4.69, 9.17) is 11.6 Å². The average molecular weight is 215 g/mol. The summed E-state index contributed by atoms with van der Waals surface area (Å²) in [6, 6.07) is 2.05. The fourth-order valence-electron chi connectivity index (χ4n) is 1.26. The lowest BCUT2D eigenvalue weighted by molar-refractivity contribution is 0.392. The van der Waals surface area contributed by atoms with E-state index in [1.807, 2.05) is 14.1 Å². The molecule has 0 bridgehead atoms. The molecule has 1 aromatic rings. The van der Waals surface area contributed by atoms with Crippen LogP contribution >= 0.6 is 11.6 Å². The van der Waals surface area contributed by atoms with Crippen LogP contribution < -0.4 is 5.32 Å². The van der Waals surface area contributed by atoms with Gasteiger partial charge in [0.25, 0.3) is 0 Å². The molecule has 1 unspecified atom stereocenters. The Kier molecular flexibility index (Phi) is 4.10. The number of nitrogens with zero attached hydrogens (tertiary/aromatic N) is 3. The maximum absolute atomic E-state index is 5.73. The number of rotatable bonds is 4. The van der Waals surface area contributed by atoms with Crippen LogP contribution in [0.1, 0.15) is 6.92 Å². The molecule has 0 amide bonds. The van der Waals surface area contributed by atoms with Crippen molar-refractivity contribution in [3.63, 3.8) is 0 Å². The molecule has 0 fully saturated rings. The highest BCUT2D eigenvalue weighted by molar-refractivity contribution is 6.29. The summed E-state index contributed by atoms with van der Waals surface area (Å²) in [5.74, 6) is 0.763. The molecule has 14 heavy (non-hydrogen) atoms. The number of hydrogen-bond donors (Lipinski definition) is 1. The van der Waals surface area contributed by atoms with Crippen molar-refractivity contribution in [1.29, 1.82) is 0 Å². The fraction of sp³-hybridized carbons (Fsp3) is 0.556. The molecule has 0 saturated heterocycles. The van der Waals surface area contributed by atoms with Crippen molar-refractivity contribution < 1.29 is 0 Å². The maximum atomic E-state index is 5.73. The molecule has 1 atom stereocenters. The van der Waals surface area contributed by atoms with Gasteiger partial charge in [-0.05, 0) is 21.0 Å². The summed E-state index contributed by atoms with van der Waals surface area (Å²) in [6.07, 6.45) is 1.45. The number of anilines is 1. The topological polar surface area (TPSA) is 41.0 Å². The minimum absolute atomic E-state index is 0.330. The molecule has 1 heterocycles. The monoisotopic (exact) mass is 214 g/mol. The molecule has 1 aromatic heterocycles. The molecule has 0 aromatic carbocycles. The van der Waals surface area contributed by atoms with Gasteiger partial charge in [0.05, 0.1) is 0 Å². The second-order valence-electron chi connectivity index (χ2n) is 3.53. The highest BCUT2D eigenvalue weighted by atomic mass is 35.5. The first-order valence-corrected chi connectivity index (χ1v) is 4.84. The van der Waals surface area contributed by atoms with Gasteiger partial charge in [-0.25, -0.2) is 9.97 Å². The zero-order valence-electron chi connectivity index (χ0n) is 8.66. The molecule has 5 heteroatoms. The van der Waals surface area contributed by atoms with Gasteiger partial charge in [-0.2, -0.15) is 0 Å². The SMILES string of the molecule is CC(CN(C)C)Nc1cc(Cl)ncn1. The smallest absolute Gasteiger partial charge is 0.134 e. The largest absolute Gasteiger partial charge is 0.366 e. The summed E-state index contributed by atoms with van der Waals surface area (Å²) in [4.78, 5) is 9.99. The van der Waals surface area contributed by atoms with Crippen LogP contribution in [0.5, 0.6) is 0 Å². The Bertz CT molecular complexity index is 290. The lowest BCUT2D eigenvalue weighted by Crippen LogP contribution is -2.29. The first-order valence-electron chi connectivity index (χ1n) is 4.46. The lowest BCUT2D eigenvalue weighted by atomic mass is 10.3. The highest BCUT2D eigenvalue weighted by Gasteiger charge is 2.04. The molecule has 4 nitrogen and oxygen atoms in total. The van der Waals surface area contributed by atoms with Crippen molar-refractivity contribution in [2.45, 2.75) is 13.0 Å². The summed E-state index contributed by atoms with van der Waals surface area (Å²) >= 11 is 5.73. The Morgan fingerprint density at radius 3 is 2.79 bits per heavy atom. The normalized spacial score (nSPS) is 12.9. The zero-order valence-corrected chi connectivity index (χ0v) is 9.41. The summed E-state index contributed by atoms with van der Waals surface area (Å²) < 4.78 is 0. The summed E-state index contributed by atoms with van der Waals surface area (Å²) in [6.45, 7) is 3.04. The summed E-state index contributed by atoms with van der Waals surface area (Å²) in [5.41, 5.74) is 0. The van der Waals surface area contributed by atoms with Crippen LogP contribution in [0.2, 0.25) is 5.15 Å². The fourth-order valence-corrected chi connectivity index (χ4v) is 1.41. The van der Waals surface area contributed by atoms with E-state index in [-0.39, 0.29) is 0 Å². The van der Waals surface area contributed by atoms with Gasteiger partial charge in [-0.15, -0.1) is 0 Å². The van der Waals surface area contributed by atoms with Crippen LogP contribution in [0.25, 0.3) is 0 Å². The van der Waals surface area contributed by atoms with Crippen molar-refractivity contribution in [3.05, 3.63) is 17.5 Å². The first-order chi connectivity index (χ1) is 6.58. The van der Waals surface area contributed by atoms with Crippen LogP contribution in [0.15, 0.2) is 12.4 Å². The van der Waals surface area contributed by atoms with Gasteiger partial charge >= 0.3 is 0 Å². The highest BCUT2D eigenvalue weighted by Crippen LogP contribution is 2.09. The molecular weight excluding hydrogens is 200 g/mol. The van der Waals surface area contributed by atoms with Gasteiger partial charge in [0.1, 0.15) is 17.3 Å². The minimum Gasteiger partial charge on any atom is -0.366 e. The second-order valence-corrected chi connectivity index (χ2v) is 3.92. The maximum Gasteiger partial charge on any atom is 0.134 e. The molecule has 0 aliphatic carbocycles. The Balaban J connectivity index is 2.51. The Labute approximate surface area is 89.3 Å². The van der Waals surface area contributed by atoms with Gasteiger partial charge in [-0.3, -0.25) is 0 Å². The molecule has 0 spiro atoms. The number of likely N-dealkylation sites (N-methyl/N-ethyl adjacent to an activating group) is 1. The van der Waals surface area contributed by atoms with Crippen LogP contribution in [-0.4, -0.2) is 41.5 Å². The predicted molar refractivity (Wildman–Crippen MR) is 58.7 cm³/mol. The van der Waals surface area contributed by atoms with E-state index in [1.54, 1.807) is 6.07 Å². The third-order valence-corrected chi connectivity index (χ3v) is 1.87. The van der Waals surface area contributed by atoms with Crippen molar-refractivity contribution in [2.24, 2.45) is 0 Å². The standard InChI is InChI=1S/C9H15ClN4/c1-7(5-14(2)3)13-9-4-8(10)11-6-12-9/h4,6-7H,5H2,1-3H3,(H,11,12,13). The van der Waals surface area contributed by atoms with Crippen molar-refractivity contribution in [2.75, 3.05) is 26.0 Å². The predicted octanol–water partition coefficient (Wildman–Crippen LogP) is 1.49. The molecule has 0 saturated carbocycles. The Morgan fingerprint density at radius 1 is 1.50 bits per heavy atom. The van der Waals surface area contributed by atoms with Crippen molar-refractivity contribution in [3.8, 4) is 0 Å². The second kappa shape index (κ2) is 5.12. The Morgan fingerprint density at radius 2 is 2.21 bits per heavy atom. The van der Waals surface area contributed by atoms with E-state index in [1.165, 1.54) is 6.33 Å². The van der Waals surface area contributed by atoms with E-state index in [0.29, 0.717) is 11.2 Å². The molecular formula is C9H15ClN4. The van der Waals surface area contributed by atoms with Crippen LogP contribution in [0.4, 0.5) is 5.82 Å². The van der Waals surface area contributed by atoms with E-state index in [2.05, 4.69) is 27.1 Å². The van der Waals surface area contributed by atoms with Crippen LogP contribution in [-0.2, 0) is 0 Å².